The number of imidazole rings is 1. The molecule has 3 aliphatic rings. The number of ketones is 2. The third-order valence-corrected chi connectivity index (χ3v) is 13.0. The van der Waals surface area contributed by atoms with Crippen molar-refractivity contribution >= 4 is 23.6 Å². The lowest BCUT2D eigenvalue weighted by molar-refractivity contribution is -0.295. The molecule has 0 spiro atoms. The average molecular weight is 826 g/mol. The molecule has 3 fully saturated rings. The zero-order valence-electron chi connectivity index (χ0n) is 36.8. The van der Waals surface area contributed by atoms with Gasteiger partial charge in [0.05, 0.1) is 35.9 Å². The minimum atomic E-state index is -1.40. The van der Waals surface area contributed by atoms with Crippen molar-refractivity contribution in [3.8, 4) is 11.3 Å². The molecule has 15 nitrogen and oxygen atoms in total. The normalized spacial score (nSPS) is 36.3. The first-order valence-corrected chi connectivity index (χ1v) is 21.3. The number of fused-ring (bicyclic) bond motifs is 1. The van der Waals surface area contributed by atoms with Gasteiger partial charge < -0.3 is 43.2 Å². The molecule has 328 valence electrons. The molecule has 0 aromatic carbocycles. The quantitative estimate of drug-likeness (QED) is 0.166. The van der Waals surface area contributed by atoms with E-state index in [9.17, 15) is 24.3 Å². The van der Waals surface area contributed by atoms with E-state index < -0.39 is 83.4 Å². The van der Waals surface area contributed by atoms with Crippen LogP contribution >= 0.6 is 0 Å². The van der Waals surface area contributed by atoms with E-state index in [1.54, 1.807) is 51.3 Å². The Bertz CT molecular complexity index is 1760. The highest BCUT2D eigenvalue weighted by atomic mass is 16.7. The van der Waals surface area contributed by atoms with Gasteiger partial charge in [-0.25, -0.2) is 9.78 Å². The number of pyridine rings is 1. The van der Waals surface area contributed by atoms with Crippen molar-refractivity contribution in [1.82, 2.24) is 24.3 Å². The average Bonchev–Trinajstić information content (AvgIpc) is 3.79. The van der Waals surface area contributed by atoms with Gasteiger partial charge in [-0.05, 0) is 86.0 Å². The standard InChI is InChI=1S/C44H67N5O10/c1-12-16-34-44(8)38(49(42(54)59-44)20-14-13-19-48-24-32(46-25-48)31-17-15-18-45-23-31)28(4)35(50)26(2)22-43(7,55-11)39(29(5)36(51)30(6)40(53)57-34)58-41-37(52)33(47(9)10)21-27(3)56-41/h15,17-18,23-30,33-34,37-39,41,52H,12-14,16,19-22H2,1-11H3/t26-,27-,28+,29+,30-,33+,34-,37-,38-,39-,41+,43+,44-/m1/s1. The van der Waals surface area contributed by atoms with Crippen molar-refractivity contribution in [3.05, 3.63) is 37.1 Å². The van der Waals surface area contributed by atoms with Crippen LogP contribution in [0.25, 0.3) is 11.3 Å². The molecule has 0 unspecified atom stereocenters. The highest BCUT2D eigenvalue weighted by Crippen LogP contribution is 2.43. The van der Waals surface area contributed by atoms with Crippen LogP contribution in [0.4, 0.5) is 4.79 Å². The van der Waals surface area contributed by atoms with Crippen LogP contribution in [0.15, 0.2) is 37.1 Å². The second-order valence-corrected chi connectivity index (χ2v) is 17.7. The number of carbonyl (C=O) groups is 4. The first kappa shape index (κ1) is 46.3. The smallest absolute Gasteiger partial charge is 0.410 e. The molecule has 5 heterocycles. The predicted molar refractivity (Wildman–Crippen MR) is 219 cm³/mol. The maximum atomic E-state index is 14.8. The molecule has 5 rings (SSSR count). The summed E-state index contributed by atoms with van der Waals surface area (Å²) in [4.78, 5) is 69.4. The number of esters is 1. The fraction of sp³-hybridized carbons (Fsp3) is 0.727. The third kappa shape index (κ3) is 9.91. The Kier molecular flexibility index (Phi) is 15.2. The van der Waals surface area contributed by atoms with Gasteiger partial charge in [0, 0.05) is 68.1 Å². The number of carbonyl (C=O) groups excluding carboxylic acids is 4. The summed E-state index contributed by atoms with van der Waals surface area (Å²) < 4.78 is 33.4. The van der Waals surface area contributed by atoms with Gasteiger partial charge in [0.2, 0.25) is 0 Å². The number of cyclic esters (lactones) is 1. The Hall–Kier alpha value is -3.76. The van der Waals surface area contributed by atoms with Gasteiger partial charge in [-0.2, -0.15) is 0 Å². The lowest BCUT2D eigenvalue weighted by atomic mass is 9.73. The molecule has 3 aliphatic heterocycles. The van der Waals surface area contributed by atoms with E-state index in [-0.39, 0.29) is 24.3 Å². The second-order valence-electron chi connectivity index (χ2n) is 17.7. The number of ether oxygens (including phenoxy) is 5. The Morgan fingerprint density at radius 2 is 1.73 bits per heavy atom. The number of likely N-dealkylation sites (N-methyl/N-ethyl adjacent to an activating group) is 1. The summed E-state index contributed by atoms with van der Waals surface area (Å²) in [6.45, 7) is 15.1. The summed E-state index contributed by atoms with van der Waals surface area (Å²) in [5.41, 5.74) is -0.936. The zero-order valence-corrected chi connectivity index (χ0v) is 36.8. The molecule has 13 atom stereocenters. The van der Waals surface area contributed by atoms with Gasteiger partial charge in [0.1, 0.15) is 23.9 Å². The molecule has 15 heteroatoms. The monoisotopic (exact) mass is 825 g/mol. The van der Waals surface area contributed by atoms with Crippen molar-refractivity contribution in [2.24, 2.45) is 23.7 Å². The Labute approximate surface area is 349 Å². The van der Waals surface area contributed by atoms with E-state index in [1.165, 1.54) is 14.0 Å². The molecule has 2 aromatic heterocycles. The summed E-state index contributed by atoms with van der Waals surface area (Å²) in [6, 6.07) is 2.75. The van der Waals surface area contributed by atoms with Crippen molar-refractivity contribution in [1.29, 1.82) is 0 Å². The molecule has 59 heavy (non-hydrogen) atoms. The summed E-state index contributed by atoms with van der Waals surface area (Å²) >= 11 is 0. The Balaban J connectivity index is 1.45. The SMILES string of the molecule is CCC[C@H]1OC(=O)[C@H](C)C(=O)[C@H](C)[C@@H](O[C@@H]2O[C@H](C)C[C@H](N(C)C)[C@H]2O)[C@@](C)(OC)C[C@@H](C)C(=O)[C@H](C)[C@H]2N(CCCCn3cnc(-c4cccnc4)c3)C(=O)O[C@]12C. The van der Waals surface area contributed by atoms with Crippen LogP contribution in [0, 0.1) is 23.7 Å². The molecular weight excluding hydrogens is 759 g/mol. The molecule has 1 amide bonds. The van der Waals surface area contributed by atoms with Crippen LogP contribution < -0.4 is 0 Å². The molecule has 3 saturated heterocycles. The van der Waals surface area contributed by atoms with Crippen LogP contribution in [0.1, 0.15) is 93.9 Å². The lowest BCUT2D eigenvalue weighted by Gasteiger charge is -2.47. The summed E-state index contributed by atoms with van der Waals surface area (Å²) in [7, 11) is 5.25. The van der Waals surface area contributed by atoms with Crippen LogP contribution in [0.2, 0.25) is 0 Å². The number of amides is 1. The maximum Gasteiger partial charge on any atom is 0.410 e. The predicted octanol–water partition coefficient (Wildman–Crippen LogP) is 5.32. The van der Waals surface area contributed by atoms with E-state index in [0.717, 1.165) is 11.3 Å². The molecule has 0 aliphatic carbocycles. The molecule has 0 radical (unpaired) electrons. The highest BCUT2D eigenvalue weighted by molar-refractivity contribution is 6.00. The van der Waals surface area contributed by atoms with Crippen molar-refractivity contribution in [2.75, 3.05) is 27.7 Å². The molecule has 0 bridgehead atoms. The fourth-order valence-corrected chi connectivity index (χ4v) is 9.55. The van der Waals surface area contributed by atoms with Gasteiger partial charge in [-0.15, -0.1) is 0 Å². The van der Waals surface area contributed by atoms with E-state index in [4.69, 9.17) is 23.7 Å². The van der Waals surface area contributed by atoms with E-state index in [1.807, 2.05) is 62.7 Å². The largest absolute Gasteiger partial charge is 0.457 e. The lowest BCUT2D eigenvalue weighted by Crippen LogP contribution is -2.60. The van der Waals surface area contributed by atoms with Crippen molar-refractivity contribution in [2.45, 2.75) is 154 Å². The van der Waals surface area contributed by atoms with Gasteiger partial charge >= 0.3 is 12.1 Å². The minimum Gasteiger partial charge on any atom is -0.457 e. The number of Topliss-reactive ketones (excluding diaryl/α,β-unsaturated/α-hetero) is 2. The number of nitrogens with zero attached hydrogens (tertiary/aromatic N) is 5. The van der Waals surface area contributed by atoms with Crippen LogP contribution in [0.3, 0.4) is 0 Å². The number of aliphatic hydroxyl groups excluding tert-OH is 1. The molecular formula is C44H67N5O10. The van der Waals surface area contributed by atoms with Crippen molar-refractivity contribution in [3.63, 3.8) is 0 Å². The Morgan fingerprint density at radius 1 is 1.02 bits per heavy atom. The zero-order chi connectivity index (χ0) is 43.4. The number of aryl methyl sites for hydroxylation is 1. The maximum absolute atomic E-state index is 14.8. The first-order chi connectivity index (χ1) is 27.9. The number of hydrogen-bond donors (Lipinski definition) is 1. The van der Waals surface area contributed by atoms with E-state index in [2.05, 4.69) is 9.97 Å². The third-order valence-electron chi connectivity index (χ3n) is 13.0. The number of hydrogen-bond acceptors (Lipinski definition) is 13. The summed E-state index contributed by atoms with van der Waals surface area (Å²) in [6.07, 6.45) is 5.14. The first-order valence-electron chi connectivity index (χ1n) is 21.3. The van der Waals surface area contributed by atoms with Crippen molar-refractivity contribution < 1.29 is 48.0 Å². The fourth-order valence-electron chi connectivity index (χ4n) is 9.55. The number of aromatic nitrogens is 3. The topological polar surface area (TPSA) is 172 Å². The van der Waals surface area contributed by atoms with E-state index >= 15 is 0 Å². The minimum absolute atomic E-state index is 0.131. The van der Waals surface area contributed by atoms with Gasteiger partial charge in [-0.3, -0.25) is 19.4 Å². The van der Waals surface area contributed by atoms with Gasteiger partial charge in [0.25, 0.3) is 0 Å². The van der Waals surface area contributed by atoms with Crippen LogP contribution in [0.5, 0.6) is 0 Å². The van der Waals surface area contributed by atoms with Gasteiger partial charge in [-0.1, -0.05) is 34.1 Å². The second kappa shape index (κ2) is 19.3. The van der Waals surface area contributed by atoms with Gasteiger partial charge in [0.15, 0.2) is 17.7 Å². The van der Waals surface area contributed by atoms with E-state index in [0.29, 0.717) is 45.2 Å². The number of methoxy groups -OCH3 is 1. The highest BCUT2D eigenvalue weighted by Gasteiger charge is 2.60. The Morgan fingerprint density at radius 3 is 2.37 bits per heavy atom. The molecule has 2 aromatic rings. The summed E-state index contributed by atoms with van der Waals surface area (Å²) in [5, 5.41) is 11.5. The summed E-state index contributed by atoms with van der Waals surface area (Å²) in [5.74, 6) is -4.93. The number of unbranched alkanes of at least 4 members (excludes halogenated alkanes) is 1. The van der Waals surface area contributed by atoms with Crippen LogP contribution in [-0.4, -0.2) is 135 Å². The molecule has 0 saturated carbocycles. The van der Waals surface area contributed by atoms with Crippen LogP contribution in [-0.2, 0) is 44.6 Å². The number of rotatable bonds is 12. The molecule has 1 N–H and O–H groups in total. The number of aliphatic hydroxyl groups is 1.